The zero-order valence-corrected chi connectivity index (χ0v) is 13.7. The molecule has 2 aliphatic rings. The van der Waals surface area contributed by atoms with E-state index in [0.29, 0.717) is 26.1 Å². The van der Waals surface area contributed by atoms with Crippen molar-refractivity contribution in [3.8, 4) is 0 Å². The summed E-state index contributed by atoms with van der Waals surface area (Å²) in [6.45, 7) is 1.20. The van der Waals surface area contributed by atoms with Crippen molar-refractivity contribution in [1.29, 1.82) is 0 Å². The van der Waals surface area contributed by atoms with Crippen LogP contribution < -0.4 is 5.32 Å². The number of aliphatic carboxylic acids is 1. The topological polar surface area (TPSA) is 113 Å². The number of sulfonamides is 1. The quantitative estimate of drug-likeness (QED) is 0.773. The van der Waals surface area contributed by atoms with Gasteiger partial charge in [0.2, 0.25) is 10.0 Å². The molecule has 0 radical (unpaired) electrons. The molecule has 9 heteroatoms. The summed E-state index contributed by atoms with van der Waals surface area (Å²) in [7, 11) is -3.71. The number of ether oxygens (including phenoxy) is 1. The fourth-order valence-electron chi connectivity index (χ4n) is 2.54. The molecule has 0 bridgehead atoms. The lowest BCUT2D eigenvalue weighted by molar-refractivity contribution is -0.140. The lowest BCUT2D eigenvalue weighted by Gasteiger charge is -2.26. The summed E-state index contributed by atoms with van der Waals surface area (Å²) >= 11 is 0. The molecule has 8 nitrogen and oxygen atoms in total. The summed E-state index contributed by atoms with van der Waals surface area (Å²) in [5.74, 6) is -1.66. The van der Waals surface area contributed by atoms with E-state index in [4.69, 9.17) is 9.84 Å². The van der Waals surface area contributed by atoms with Crippen LogP contribution in [-0.4, -0.2) is 61.5 Å². The second kappa shape index (κ2) is 6.15. The van der Waals surface area contributed by atoms with E-state index in [0.717, 1.165) is 0 Å². The number of carboxylic acid groups (broad SMARTS) is 1. The van der Waals surface area contributed by atoms with Gasteiger partial charge in [-0.3, -0.25) is 4.79 Å². The molecule has 0 atom stereocenters. The first-order valence-corrected chi connectivity index (χ1v) is 9.03. The largest absolute Gasteiger partial charge is 0.480 e. The average Bonchev–Trinajstić information content (AvgIpc) is 3.37. The Labute approximate surface area is 139 Å². The van der Waals surface area contributed by atoms with E-state index in [1.165, 1.54) is 28.6 Å². The average molecular weight is 354 g/mol. The van der Waals surface area contributed by atoms with Gasteiger partial charge in [0.05, 0.1) is 18.1 Å². The minimum absolute atomic E-state index is 0.0113. The molecule has 1 aromatic carbocycles. The van der Waals surface area contributed by atoms with Crippen molar-refractivity contribution in [3.05, 3.63) is 29.8 Å². The van der Waals surface area contributed by atoms with Crippen LogP contribution in [0.25, 0.3) is 0 Å². The van der Waals surface area contributed by atoms with Crippen molar-refractivity contribution in [2.45, 2.75) is 23.3 Å². The zero-order chi connectivity index (χ0) is 17.4. The molecule has 1 amide bonds. The molecule has 0 aromatic heterocycles. The van der Waals surface area contributed by atoms with E-state index in [-0.39, 0.29) is 23.5 Å². The molecule has 24 heavy (non-hydrogen) atoms. The summed E-state index contributed by atoms with van der Waals surface area (Å²) in [6, 6.07) is 5.64. The van der Waals surface area contributed by atoms with Gasteiger partial charge in [-0.2, -0.15) is 4.31 Å². The van der Waals surface area contributed by atoms with E-state index >= 15 is 0 Å². The number of morpholine rings is 1. The number of nitrogens with one attached hydrogen (secondary N) is 1. The Balaban J connectivity index is 1.81. The fraction of sp³-hybridized carbons (Fsp3) is 0.467. The third kappa shape index (κ3) is 3.14. The van der Waals surface area contributed by atoms with Gasteiger partial charge in [-0.05, 0) is 31.0 Å². The van der Waals surface area contributed by atoms with E-state index in [1.54, 1.807) is 0 Å². The molecule has 0 spiro atoms. The molecule has 1 aromatic rings. The van der Waals surface area contributed by atoms with Crippen LogP contribution in [0, 0.1) is 0 Å². The SMILES string of the molecule is O=C(NC1(C(=O)O)CC1)c1cccc(S(=O)(=O)N2CCOCC2)c1. The number of carboxylic acids is 1. The molecule has 2 fully saturated rings. The Morgan fingerprint density at radius 3 is 2.46 bits per heavy atom. The van der Waals surface area contributed by atoms with Crippen molar-refractivity contribution < 1.29 is 27.9 Å². The number of amides is 1. The van der Waals surface area contributed by atoms with Crippen LogP contribution in [0.4, 0.5) is 0 Å². The van der Waals surface area contributed by atoms with Gasteiger partial charge >= 0.3 is 5.97 Å². The van der Waals surface area contributed by atoms with Crippen molar-refractivity contribution in [2.75, 3.05) is 26.3 Å². The van der Waals surface area contributed by atoms with Gasteiger partial charge in [0, 0.05) is 18.7 Å². The number of nitrogens with zero attached hydrogens (tertiary/aromatic N) is 1. The van der Waals surface area contributed by atoms with Crippen LogP contribution >= 0.6 is 0 Å². The number of rotatable bonds is 5. The zero-order valence-electron chi connectivity index (χ0n) is 12.9. The van der Waals surface area contributed by atoms with Gasteiger partial charge < -0.3 is 15.2 Å². The molecule has 1 saturated carbocycles. The van der Waals surface area contributed by atoms with Crippen LogP contribution in [0.2, 0.25) is 0 Å². The van der Waals surface area contributed by atoms with Crippen LogP contribution in [-0.2, 0) is 19.6 Å². The van der Waals surface area contributed by atoms with E-state index < -0.39 is 27.4 Å². The standard InChI is InChI=1S/C15H18N2O6S/c18-13(16-15(4-5-15)14(19)20)11-2-1-3-12(10-11)24(21,22)17-6-8-23-9-7-17/h1-3,10H,4-9H2,(H,16,18)(H,19,20). The highest BCUT2D eigenvalue weighted by molar-refractivity contribution is 7.89. The first-order chi connectivity index (χ1) is 11.3. The Kier molecular flexibility index (Phi) is 4.33. The summed E-state index contributed by atoms with van der Waals surface area (Å²) in [5, 5.41) is 11.6. The molecule has 130 valence electrons. The highest BCUT2D eigenvalue weighted by Gasteiger charge is 2.51. The van der Waals surface area contributed by atoms with Crippen molar-refractivity contribution in [2.24, 2.45) is 0 Å². The molecule has 1 heterocycles. The first kappa shape index (κ1) is 16.9. The van der Waals surface area contributed by atoms with Gasteiger partial charge in [0.25, 0.3) is 5.91 Å². The minimum Gasteiger partial charge on any atom is -0.480 e. The third-order valence-corrected chi connectivity index (χ3v) is 6.11. The minimum atomic E-state index is -3.71. The number of hydrogen-bond donors (Lipinski definition) is 2. The number of carbonyl (C=O) groups is 2. The maximum absolute atomic E-state index is 12.6. The summed E-state index contributed by atoms with van der Waals surface area (Å²) < 4.78 is 31.7. The number of hydrogen-bond acceptors (Lipinski definition) is 5. The van der Waals surface area contributed by atoms with Gasteiger partial charge in [0.15, 0.2) is 0 Å². The predicted molar refractivity (Wildman–Crippen MR) is 83.1 cm³/mol. The van der Waals surface area contributed by atoms with Gasteiger partial charge in [-0.25, -0.2) is 13.2 Å². The van der Waals surface area contributed by atoms with Gasteiger partial charge in [-0.15, -0.1) is 0 Å². The van der Waals surface area contributed by atoms with E-state index in [9.17, 15) is 18.0 Å². The third-order valence-electron chi connectivity index (χ3n) is 4.22. The lowest BCUT2D eigenvalue weighted by Crippen LogP contribution is -2.43. The number of benzene rings is 1. The molecular formula is C15H18N2O6S. The monoisotopic (exact) mass is 354 g/mol. The molecule has 1 aliphatic carbocycles. The van der Waals surface area contributed by atoms with E-state index in [2.05, 4.69) is 5.32 Å². The van der Waals surface area contributed by atoms with Crippen LogP contribution in [0.15, 0.2) is 29.2 Å². The van der Waals surface area contributed by atoms with Crippen LogP contribution in [0.5, 0.6) is 0 Å². The maximum Gasteiger partial charge on any atom is 0.329 e. The van der Waals surface area contributed by atoms with E-state index in [1.807, 2.05) is 0 Å². The Hall–Kier alpha value is -1.97. The van der Waals surface area contributed by atoms with Gasteiger partial charge in [0.1, 0.15) is 5.54 Å². The Morgan fingerprint density at radius 2 is 1.88 bits per heavy atom. The molecular weight excluding hydrogens is 336 g/mol. The second-order valence-corrected chi connectivity index (χ2v) is 7.82. The Morgan fingerprint density at radius 1 is 1.21 bits per heavy atom. The van der Waals surface area contributed by atoms with Gasteiger partial charge in [-0.1, -0.05) is 6.07 Å². The smallest absolute Gasteiger partial charge is 0.329 e. The van der Waals surface area contributed by atoms with Crippen molar-refractivity contribution >= 4 is 21.9 Å². The highest BCUT2D eigenvalue weighted by atomic mass is 32.2. The maximum atomic E-state index is 12.6. The normalized spacial score (nSPS) is 20.3. The van der Waals surface area contributed by atoms with Crippen molar-refractivity contribution in [1.82, 2.24) is 9.62 Å². The highest BCUT2D eigenvalue weighted by Crippen LogP contribution is 2.35. The lowest BCUT2D eigenvalue weighted by atomic mass is 10.2. The fourth-order valence-corrected chi connectivity index (χ4v) is 4.00. The summed E-state index contributed by atoms with van der Waals surface area (Å²) in [4.78, 5) is 23.4. The molecule has 1 saturated heterocycles. The summed E-state index contributed by atoms with van der Waals surface area (Å²) in [5.41, 5.74) is -1.09. The number of carbonyl (C=O) groups excluding carboxylic acids is 1. The Bertz CT molecular complexity index is 766. The molecule has 2 N–H and O–H groups in total. The summed E-state index contributed by atoms with van der Waals surface area (Å²) in [6.07, 6.45) is 0.750. The van der Waals surface area contributed by atoms with Crippen LogP contribution in [0.1, 0.15) is 23.2 Å². The predicted octanol–water partition coefficient (Wildman–Crippen LogP) is 0.0545. The van der Waals surface area contributed by atoms with Crippen LogP contribution in [0.3, 0.4) is 0 Å². The first-order valence-electron chi connectivity index (χ1n) is 7.59. The second-order valence-electron chi connectivity index (χ2n) is 5.89. The van der Waals surface area contributed by atoms with Crippen molar-refractivity contribution in [3.63, 3.8) is 0 Å². The molecule has 3 rings (SSSR count). The molecule has 0 unspecified atom stereocenters. The molecule has 1 aliphatic heterocycles.